The second kappa shape index (κ2) is 6.21. The van der Waals surface area contributed by atoms with E-state index in [1.807, 2.05) is 0 Å². The molecule has 0 amide bonds. The highest BCUT2D eigenvalue weighted by Gasteiger charge is 2.35. The number of esters is 1. The van der Waals surface area contributed by atoms with E-state index < -0.39 is 11.0 Å². The number of nitro benzene ring substituents is 1. The lowest BCUT2D eigenvalue weighted by Crippen LogP contribution is -2.37. The second-order valence-electron chi connectivity index (χ2n) is 4.49. The maximum absolute atomic E-state index is 11.9. The van der Waals surface area contributed by atoms with E-state index in [1.54, 1.807) is 24.0 Å². The lowest BCUT2D eigenvalue weighted by Gasteiger charge is -2.24. The Bertz CT molecular complexity index is 535. The zero-order valence-electron chi connectivity index (χ0n) is 11.0. The van der Waals surface area contributed by atoms with Crippen molar-refractivity contribution in [3.05, 3.63) is 32.8 Å². The van der Waals surface area contributed by atoms with Crippen LogP contribution in [0.25, 0.3) is 0 Å². The minimum Gasteiger partial charge on any atom is -0.464 e. The Hall–Kier alpha value is -1.63. The highest BCUT2D eigenvalue weighted by atomic mass is 79.9. The van der Waals surface area contributed by atoms with Gasteiger partial charge < -0.3 is 9.64 Å². The van der Waals surface area contributed by atoms with Crippen molar-refractivity contribution in [2.45, 2.75) is 25.8 Å². The highest BCUT2D eigenvalue weighted by Crippen LogP contribution is 2.35. The van der Waals surface area contributed by atoms with Gasteiger partial charge in [0.05, 0.1) is 11.5 Å². The zero-order valence-corrected chi connectivity index (χ0v) is 12.6. The molecule has 1 fully saturated rings. The van der Waals surface area contributed by atoms with Crippen LogP contribution in [0.1, 0.15) is 19.8 Å². The van der Waals surface area contributed by atoms with Crippen molar-refractivity contribution in [1.82, 2.24) is 0 Å². The standard InChI is InChI=1S/C13H15BrN2O4/c1-2-20-13(17)11-4-3-7-15(11)10-6-5-9(14)8-12(10)16(18)19/h5-6,8,11H,2-4,7H2,1H3. The number of hydrogen-bond donors (Lipinski definition) is 0. The fraction of sp³-hybridized carbons (Fsp3) is 0.462. The molecule has 108 valence electrons. The topological polar surface area (TPSA) is 72.7 Å². The average Bonchev–Trinajstić information content (AvgIpc) is 2.88. The fourth-order valence-corrected chi connectivity index (χ4v) is 2.77. The van der Waals surface area contributed by atoms with E-state index in [0.717, 1.165) is 6.42 Å². The molecule has 0 aliphatic carbocycles. The molecule has 1 atom stereocenters. The van der Waals surface area contributed by atoms with Gasteiger partial charge in [0.2, 0.25) is 0 Å². The van der Waals surface area contributed by atoms with Crippen molar-refractivity contribution in [1.29, 1.82) is 0 Å². The Morgan fingerprint density at radius 2 is 2.35 bits per heavy atom. The SMILES string of the molecule is CCOC(=O)C1CCCN1c1ccc(Br)cc1[N+](=O)[O-]. The molecule has 0 bridgehead atoms. The third kappa shape index (κ3) is 2.92. The van der Waals surface area contributed by atoms with Crippen LogP contribution in [0.4, 0.5) is 11.4 Å². The molecule has 0 aromatic heterocycles. The van der Waals surface area contributed by atoms with Crippen LogP contribution in [0.15, 0.2) is 22.7 Å². The van der Waals surface area contributed by atoms with Gasteiger partial charge in [0.15, 0.2) is 0 Å². The van der Waals surface area contributed by atoms with Crippen LogP contribution in [0.2, 0.25) is 0 Å². The molecule has 1 aliphatic rings. The lowest BCUT2D eigenvalue weighted by atomic mass is 10.2. The number of carbonyl (C=O) groups excluding carboxylic acids is 1. The molecule has 1 saturated heterocycles. The molecule has 1 aliphatic heterocycles. The lowest BCUT2D eigenvalue weighted by molar-refractivity contribution is -0.384. The van der Waals surface area contributed by atoms with Gasteiger partial charge in [-0.05, 0) is 31.9 Å². The summed E-state index contributed by atoms with van der Waals surface area (Å²) >= 11 is 3.23. The first kappa shape index (κ1) is 14.8. The number of halogens is 1. The molecule has 20 heavy (non-hydrogen) atoms. The molecule has 1 unspecified atom stereocenters. The Morgan fingerprint density at radius 1 is 1.60 bits per heavy atom. The molecular formula is C13H15BrN2O4. The van der Waals surface area contributed by atoms with Crippen LogP contribution < -0.4 is 4.90 Å². The summed E-state index contributed by atoms with van der Waals surface area (Å²) in [6.07, 6.45) is 1.47. The monoisotopic (exact) mass is 342 g/mol. The van der Waals surface area contributed by atoms with E-state index in [4.69, 9.17) is 4.74 Å². The fourth-order valence-electron chi connectivity index (χ4n) is 2.42. The van der Waals surface area contributed by atoms with Crippen molar-refractivity contribution in [3.63, 3.8) is 0 Å². The predicted octanol–water partition coefficient (Wildman–Crippen LogP) is 2.89. The van der Waals surface area contributed by atoms with Crippen LogP contribution in [-0.4, -0.2) is 30.1 Å². The summed E-state index contributed by atoms with van der Waals surface area (Å²) in [6.45, 7) is 2.68. The van der Waals surface area contributed by atoms with E-state index in [-0.39, 0.29) is 11.7 Å². The first-order valence-corrected chi connectivity index (χ1v) is 7.21. The Labute approximate surface area is 125 Å². The molecule has 7 heteroatoms. The van der Waals surface area contributed by atoms with Gasteiger partial charge in [-0.15, -0.1) is 0 Å². The zero-order chi connectivity index (χ0) is 14.7. The number of ether oxygens (including phenoxy) is 1. The van der Waals surface area contributed by atoms with Crippen LogP contribution >= 0.6 is 15.9 Å². The van der Waals surface area contributed by atoms with E-state index in [9.17, 15) is 14.9 Å². The normalized spacial score (nSPS) is 18.1. The smallest absolute Gasteiger partial charge is 0.328 e. The average molecular weight is 343 g/mol. The van der Waals surface area contributed by atoms with Gasteiger partial charge >= 0.3 is 5.97 Å². The van der Waals surface area contributed by atoms with Gasteiger partial charge in [-0.3, -0.25) is 10.1 Å². The number of nitro groups is 1. The van der Waals surface area contributed by atoms with Crippen molar-refractivity contribution >= 4 is 33.3 Å². The number of carbonyl (C=O) groups is 1. The van der Waals surface area contributed by atoms with Gasteiger partial charge in [-0.1, -0.05) is 15.9 Å². The maximum atomic E-state index is 11.9. The van der Waals surface area contributed by atoms with E-state index in [2.05, 4.69) is 15.9 Å². The minimum atomic E-state index is -0.435. The summed E-state index contributed by atoms with van der Waals surface area (Å²) in [7, 11) is 0. The van der Waals surface area contributed by atoms with Crippen molar-refractivity contribution in [2.75, 3.05) is 18.1 Å². The molecular weight excluding hydrogens is 328 g/mol. The van der Waals surface area contributed by atoms with Crippen LogP contribution in [0.3, 0.4) is 0 Å². The van der Waals surface area contributed by atoms with Crippen LogP contribution in [-0.2, 0) is 9.53 Å². The maximum Gasteiger partial charge on any atom is 0.328 e. The van der Waals surface area contributed by atoms with Gasteiger partial charge in [-0.2, -0.15) is 0 Å². The molecule has 0 N–H and O–H groups in total. The Morgan fingerprint density at radius 3 is 3.00 bits per heavy atom. The molecule has 0 saturated carbocycles. The van der Waals surface area contributed by atoms with Crippen molar-refractivity contribution < 1.29 is 14.5 Å². The van der Waals surface area contributed by atoms with Gasteiger partial charge in [0, 0.05) is 17.1 Å². The number of nitrogens with zero attached hydrogens (tertiary/aromatic N) is 2. The summed E-state index contributed by atoms with van der Waals surface area (Å²) in [5.74, 6) is -0.317. The number of anilines is 1. The summed E-state index contributed by atoms with van der Waals surface area (Å²) in [5.41, 5.74) is 0.462. The molecule has 1 heterocycles. The van der Waals surface area contributed by atoms with Crippen LogP contribution in [0, 0.1) is 10.1 Å². The van der Waals surface area contributed by atoms with Gasteiger partial charge in [0.25, 0.3) is 5.69 Å². The van der Waals surface area contributed by atoms with Crippen molar-refractivity contribution in [2.24, 2.45) is 0 Å². The van der Waals surface area contributed by atoms with E-state index in [1.165, 1.54) is 6.07 Å². The summed E-state index contributed by atoms with van der Waals surface area (Å²) in [4.78, 5) is 24.4. The molecule has 0 spiro atoms. The number of rotatable bonds is 4. The summed E-state index contributed by atoms with van der Waals surface area (Å²) in [6, 6.07) is 4.42. The first-order valence-electron chi connectivity index (χ1n) is 6.41. The van der Waals surface area contributed by atoms with Gasteiger partial charge in [0.1, 0.15) is 11.7 Å². The third-order valence-corrected chi connectivity index (χ3v) is 3.75. The van der Waals surface area contributed by atoms with E-state index in [0.29, 0.717) is 29.7 Å². The molecule has 0 radical (unpaired) electrons. The quantitative estimate of drug-likeness (QED) is 0.478. The minimum absolute atomic E-state index is 0.00410. The molecule has 6 nitrogen and oxygen atoms in total. The summed E-state index contributed by atoms with van der Waals surface area (Å²) < 4.78 is 5.68. The molecule has 1 aromatic carbocycles. The highest BCUT2D eigenvalue weighted by molar-refractivity contribution is 9.10. The third-order valence-electron chi connectivity index (χ3n) is 3.26. The van der Waals surface area contributed by atoms with Crippen molar-refractivity contribution in [3.8, 4) is 0 Å². The largest absolute Gasteiger partial charge is 0.464 e. The first-order chi connectivity index (χ1) is 9.54. The number of hydrogen-bond acceptors (Lipinski definition) is 5. The van der Waals surface area contributed by atoms with Crippen LogP contribution in [0.5, 0.6) is 0 Å². The number of benzene rings is 1. The summed E-state index contributed by atoms with van der Waals surface area (Å²) in [5, 5.41) is 11.2. The molecule has 2 rings (SSSR count). The Balaban J connectivity index is 2.35. The second-order valence-corrected chi connectivity index (χ2v) is 5.41. The van der Waals surface area contributed by atoms with Gasteiger partial charge in [-0.25, -0.2) is 4.79 Å². The Kier molecular flexibility index (Phi) is 4.59. The molecule has 1 aromatic rings. The van der Waals surface area contributed by atoms with E-state index >= 15 is 0 Å². The predicted molar refractivity (Wildman–Crippen MR) is 77.8 cm³/mol.